The van der Waals surface area contributed by atoms with Gasteiger partial charge in [-0.1, -0.05) is 0 Å². The zero-order chi connectivity index (χ0) is 19.8. The van der Waals surface area contributed by atoms with E-state index in [1.165, 1.54) is 0 Å². The van der Waals surface area contributed by atoms with E-state index in [2.05, 4.69) is 14.7 Å². The Morgan fingerprint density at radius 2 is 2.08 bits per heavy atom. The largest absolute Gasteiger partial charge is 0.400 e. The van der Waals surface area contributed by atoms with Crippen LogP contribution in [0.25, 0.3) is 10.4 Å². The Balaban J connectivity index is 0.000000260. The van der Waals surface area contributed by atoms with Crippen LogP contribution < -0.4 is 5.14 Å². The van der Waals surface area contributed by atoms with Crippen molar-refractivity contribution in [3.8, 4) is 0 Å². The Labute approximate surface area is 148 Å². The van der Waals surface area contributed by atoms with Crippen LogP contribution in [0.4, 0.5) is 0 Å². The maximum atomic E-state index is 11.3. The van der Waals surface area contributed by atoms with E-state index >= 15 is 0 Å². The van der Waals surface area contributed by atoms with E-state index in [0.29, 0.717) is 0 Å². The van der Waals surface area contributed by atoms with Gasteiger partial charge in [0.1, 0.15) is 30.2 Å². The first-order valence-electron chi connectivity index (χ1n) is 6.83. The maximum absolute atomic E-state index is 11.3. The molecule has 15 nitrogen and oxygen atoms in total. The minimum Gasteiger partial charge on any atom is -0.391 e. The van der Waals surface area contributed by atoms with Gasteiger partial charge in [-0.05, 0) is 19.4 Å². The van der Waals surface area contributed by atoms with Gasteiger partial charge in [0, 0.05) is 4.91 Å². The van der Waals surface area contributed by atoms with Crippen molar-refractivity contribution in [2.24, 2.45) is 10.4 Å². The first kappa shape index (κ1) is 21.0. The number of hydrogen-bond donors (Lipinski definition) is 2. The molecule has 3 aliphatic heterocycles. The highest BCUT2D eigenvalue weighted by Gasteiger charge is 2.65. The number of aliphatic hydroxyl groups excluding tert-OH is 1. The molecule has 3 heterocycles. The average molecular weight is 420 g/mol. The third-order valence-corrected chi connectivity index (χ3v) is 4.50. The van der Waals surface area contributed by atoms with E-state index in [4.69, 9.17) is 28.1 Å². The molecule has 0 amide bonds. The predicted molar refractivity (Wildman–Crippen MR) is 77.8 cm³/mol. The number of nitrogens with two attached hydrogens (primary N) is 1. The molecular weight excluding hydrogens is 404 g/mol. The van der Waals surface area contributed by atoms with Gasteiger partial charge in [-0.2, -0.15) is 22.0 Å². The summed E-state index contributed by atoms with van der Waals surface area (Å²) in [4.78, 5) is 1.96. The average Bonchev–Trinajstić information content (AvgIpc) is 2.96. The maximum Gasteiger partial charge on any atom is 0.400 e. The second kappa shape index (κ2) is 7.04. The lowest BCUT2D eigenvalue weighted by molar-refractivity contribution is -0.294. The number of fused-ring (bicyclic) bond motifs is 3. The molecule has 3 aliphatic rings. The molecule has 3 N–H and O–H groups in total. The molecule has 0 aromatic rings. The third-order valence-electron chi connectivity index (χ3n) is 3.28. The van der Waals surface area contributed by atoms with Crippen LogP contribution in [0, 0.1) is 0 Å². The van der Waals surface area contributed by atoms with Gasteiger partial charge in [0.25, 0.3) is 0 Å². The molecule has 0 saturated carbocycles. The van der Waals surface area contributed by atoms with E-state index < -0.39 is 57.2 Å². The molecule has 0 unspecified atom stereocenters. The van der Waals surface area contributed by atoms with Crippen LogP contribution in [0.5, 0.6) is 0 Å². The van der Waals surface area contributed by atoms with Gasteiger partial charge in [0.2, 0.25) is 5.79 Å². The van der Waals surface area contributed by atoms with E-state index in [1.54, 1.807) is 13.8 Å². The minimum absolute atomic E-state index is 0.0552. The molecule has 3 rings (SSSR count). The summed E-state index contributed by atoms with van der Waals surface area (Å²) in [6.07, 6.45) is -2.52. The lowest BCUT2D eigenvalue weighted by Gasteiger charge is -2.38. The third kappa shape index (κ3) is 4.71. The molecule has 0 aromatic heterocycles. The second-order valence-electron chi connectivity index (χ2n) is 5.66. The highest BCUT2D eigenvalue weighted by atomic mass is 32.3. The summed E-state index contributed by atoms with van der Waals surface area (Å²) in [5, 5.41) is 15.9. The van der Waals surface area contributed by atoms with Crippen LogP contribution >= 0.6 is 0 Å². The molecule has 0 aromatic carbocycles. The van der Waals surface area contributed by atoms with E-state index in [0.717, 1.165) is 0 Å². The van der Waals surface area contributed by atoms with E-state index in [1.807, 2.05) is 4.91 Å². The summed E-state index contributed by atoms with van der Waals surface area (Å²) >= 11 is 0. The lowest BCUT2D eigenvalue weighted by Crippen LogP contribution is -2.60. The fourth-order valence-electron chi connectivity index (χ4n) is 2.57. The molecule has 4 atom stereocenters. The first-order chi connectivity index (χ1) is 11.8. The topological polar surface area (TPSA) is 219 Å². The molecule has 0 radical (unpaired) electrons. The number of ether oxygens (including phenoxy) is 3. The number of aliphatic hydroxyl groups is 1. The Kier molecular flexibility index (Phi) is 5.70. The van der Waals surface area contributed by atoms with Crippen molar-refractivity contribution in [2.45, 2.75) is 43.7 Å². The summed E-state index contributed by atoms with van der Waals surface area (Å²) in [5.74, 6) is -2.41. The molecule has 17 heteroatoms. The summed E-state index contributed by atoms with van der Waals surface area (Å²) < 4.78 is 71.4. The van der Waals surface area contributed by atoms with Crippen molar-refractivity contribution < 1.29 is 48.8 Å². The van der Waals surface area contributed by atoms with Gasteiger partial charge in [-0.15, -0.1) is 0 Å². The van der Waals surface area contributed by atoms with Gasteiger partial charge in [0.05, 0.1) is 6.61 Å². The number of azide groups is 1. The Morgan fingerprint density at radius 1 is 1.42 bits per heavy atom. The van der Waals surface area contributed by atoms with Crippen LogP contribution in [0.15, 0.2) is 5.28 Å². The van der Waals surface area contributed by atoms with Crippen molar-refractivity contribution in [1.29, 1.82) is 0 Å². The van der Waals surface area contributed by atoms with Crippen molar-refractivity contribution in [3.63, 3.8) is 0 Å². The zero-order valence-corrected chi connectivity index (χ0v) is 15.0. The predicted octanol–water partition coefficient (Wildman–Crippen LogP) is -1.68. The summed E-state index contributed by atoms with van der Waals surface area (Å²) in [6, 6.07) is 0. The fraction of sp³-hybridized carbons (Fsp3) is 1.00. The SMILES string of the molecule is CC1(C)O[C@H]2[C@@H]3OS(=O)(=O)O[C@@H]3CO[C@@]2(CO)O1.[N-]=[N+]=NOS(N)(=O)=O. The number of rotatable bonds is 3. The van der Waals surface area contributed by atoms with Crippen molar-refractivity contribution in [2.75, 3.05) is 13.2 Å². The molecule has 3 saturated heterocycles. The van der Waals surface area contributed by atoms with Gasteiger partial charge >= 0.3 is 20.7 Å². The molecule has 0 bridgehead atoms. The Morgan fingerprint density at radius 3 is 2.58 bits per heavy atom. The summed E-state index contributed by atoms with van der Waals surface area (Å²) in [7, 11) is -8.14. The second-order valence-corrected chi connectivity index (χ2v) is 8.00. The molecular formula is C9H16N4O11S2. The van der Waals surface area contributed by atoms with Gasteiger partial charge in [0.15, 0.2) is 5.79 Å². The van der Waals surface area contributed by atoms with Crippen molar-refractivity contribution in [3.05, 3.63) is 10.4 Å². The lowest BCUT2D eigenvalue weighted by atomic mass is 9.98. The van der Waals surface area contributed by atoms with Gasteiger partial charge in [-0.3, -0.25) is 4.28 Å². The normalized spacial score (nSPS) is 36.7. The van der Waals surface area contributed by atoms with Crippen LogP contribution in [-0.2, 0) is 47.6 Å². The van der Waals surface area contributed by atoms with Crippen LogP contribution in [-0.4, -0.2) is 65.0 Å². The molecule has 150 valence electrons. The monoisotopic (exact) mass is 420 g/mol. The highest BCUT2D eigenvalue weighted by molar-refractivity contribution is 7.84. The van der Waals surface area contributed by atoms with Crippen LogP contribution in [0.2, 0.25) is 0 Å². The van der Waals surface area contributed by atoms with Crippen LogP contribution in [0.1, 0.15) is 13.8 Å². The fourth-order valence-corrected chi connectivity index (χ4v) is 3.70. The van der Waals surface area contributed by atoms with Crippen molar-refractivity contribution >= 4 is 20.7 Å². The first-order valence-corrected chi connectivity index (χ1v) is 9.64. The van der Waals surface area contributed by atoms with E-state index in [9.17, 15) is 21.9 Å². The minimum atomic E-state index is -4.11. The summed E-state index contributed by atoms with van der Waals surface area (Å²) in [5.41, 5.74) is 7.44. The number of nitrogens with zero attached hydrogens (tertiary/aromatic N) is 3. The van der Waals surface area contributed by atoms with Gasteiger partial charge < -0.3 is 19.3 Å². The Bertz CT molecular complexity index is 792. The van der Waals surface area contributed by atoms with E-state index in [-0.39, 0.29) is 6.61 Å². The molecule has 3 fully saturated rings. The standard InChI is InChI=1S/C9H14O8S.H2N4O3S/c1-8(2)14-7-6-5(15-18(11,12)16-6)3-13-9(7,4-10)17-8;1-3-4-7-8(2,5)6/h5-7,10H,3-4H2,1-2H3;(H2,2,5,6)/t5-,6-,7+,9+;/m1./s1. The quantitative estimate of drug-likeness (QED) is 0.227. The molecule has 26 heavy (non-hydrogen) atoms. The van der Waals surface area contributed by atoms with Crippen LogP contribution in [0.3, 0.4) is 0 Å². The summed E-state index contributed by atoms with van der Waals surface area (Å²) in [6.45, 7) is 2.77. The smallest absolute Gasteiger partial charge is 0.391 e. The number of hydrogen-bond acceptors (Lipinski definition) is 12. The molecule has 0 spiro atoms. The van der Waals surface area contributed by atoms with Crippen molar-refractivity contribution in [1.82, 2.24) is 0 Å². The van der Waals surface area contributed by atoms with Gasteiger partial charge in [-0.25, -0.2) is 8.37 Å². The zero-order valence-electron chi connectivity index (χ0n) is 13.4. The Hall–Kier alpha value is -1.27. The highest BCUT2D eigenvalue weighted by Crippen LogP contribution is 2.45. The molecule has 0 aliphatic carbocycles.